The third-order valence-corrected chi connectivity index (χ3v) is 5.12. The number of nitrogens with one attached hydrogen (secondary N) is 1. The summed E-state index contributed by atoms with van der Waals surface area (Å²) in [6.45, 7) is 4.33. The fraction of sp³-hybridized carbons (Fsp3) is 0.312. The second-order valence-corrected chi connectivity index (χ2v) is 6.81. The van der Waals surface area contributed by atoms with Crippen LogP contribution in [0.5, 0.6) is 0 Å². The van der Waals surface area contributed by atoms with Crippen LogP contribution in [0, 0.1) is 0 Å². The van der Waals surface area contributed by atoms with Crippen molar-refractivity contribution in [1.29, 1.82) is 0 Å². The first-order chi connectivity index (χ1) is 11.1. The van der Waals surface area contributed by atoms with Gasteiger partial charge in [0.05, 0.1) is 5.02 Å². The number of nitrogens with zero attached hydrogens (tertiary/aromatic N) is 3. The van der Waals surface area contributed by atoms with Gasteiger partial charge in [0.2, 0.25) is 0 Å². The minimum Gasteiger partial charge on any atom is -0.332 e. The molecule has 3 rings (SSSR count). The van der Waals surface area contributed by atoms with Crippen molar-refractivity contribution in [3.63, 3.8) is 0 Å². The molecule has 0 spiro atoms. The third kappa shape index (κ3) is 3.83. The van der Waals surface area contributed by atoms with Gasteiger partial charge in [0.25, 0.3) is 5.91 Å². The van der Waals surface area contributed by atoms with Crippen LogP contribution in [0.4, 0.5) is 0 Å². The van der Waals surface area contributed by atoms with Crippen molar-refractivity contribution >= 4 is 29.3 Å². The highest BCUT2D eigenvalue weighted by Gasteiger charge is 2.25. The van der Waals surface area contributed by atoms with Crippen LogP contribution in [0.25, 0.3) is 0 Å². The molecule has 1 N–H and O–H groups in total. The van der Waals surface area contributed by atoms with Gasteiger partial charge in [0.15, 0.2) is 5.69 Å². The van der Waals surface area contributed by atoms with Crippen molar-refractivity contribution in [3.05, 3.63) is 47.1 Å². The fourth-order valence-electron chi connectivity index (χ4n) is 2.42. The Morgan fingerprint density at radius 3 is 2.83 bits per heavy atom. The van der Waals surface area contributed by atoms with Gasteiger partial charge in [-0.15, -0.1) is 10.2 Å². The van der Waals surface area contributed by atoms with Crippen molar-refractivity contribution in [3.8, 4) is 0 Å². The van der Waals surface area contributed by atoms with E-state index in [2.05, 4.69) is 15.5 Å². The van der Waals surface area contributed by atoms with Gasteiger partial charge in [0, 0.05) is 30.6 Å². The number of benzene rings is 1. The Morgan fingerprint density at radius 2 is 2.13 bits per heavy atom. The van der Waals surface area contributed by atoms with Crippen LogP contribution >= 0.6 is 23.4 Å². The minimum absolute atomic E-state index is 0.0687. The summed E-state index contributed by atoms with van der Waals surface area (Å²) in [5.74, 6) is -0.0687. The Hall–Kier alpha value is -1.63. The molecule has 0 aliphatic carbocycles. The zero-order valence-corrected chi connectivity index (χ0v) is 14.3. The molecule has 0 saturated carbocycles. The van der Waals surface area contributed by atoms with Crippen molar-refractivity contribution < 1.29 is 4.79 Å². The van der Waals surface area contributed by atoms with E-state index < -0.39 is 0 Å². The zero-order chi connectivity index (χ0) is 16.2. The molecule has 1 atom stereocenters. The lowest BCUT2D eigenvalue weighted by atomic mass is 10.2. The lowest BCUT2D eigenvalue weighted by Crippen LogP contribution is -2.52. The first-order valence-electron chi connectivity index (χ1n) is 7.43. The van der Waals surface area contributed by atoms with Gasteiger partial charge in [-0.3, -0.25) is 4.79 Å². The van der Waals surface area contributed by atoms with Gasteiger partial charge >= 0.3 is 0 Å². The summed E-state index contributed by atoms with van der Waals surface area (Å²) in [6.07, 6.45) is 0. The highest BCUT2D eigenvalue weighted by Crippen LogP contribution is 2.31. The Labute approximate surface area is 144 Å². The molecule has 1 aromatic heterocycles. The number of hydrogen-bond acceptors (Lipinski definition) is 5. The summed E-state index contributed by atoms with van der Waals surface area (Å²) in [4.78, 5) is 15.3. The molecule has 2 aromatic rings. The number of carbonyl (C=O) groups is 1. The lowest BCUT2D eigenvalue weighted by Gasteiger charge is -2.33. The second kappa shape index (κ2) is 7.29. The molecule has 23 heavy (non-hydrogen) atoms. The van der Waals surface area contributed by atoms with Gasteiger partial charge in [-0.05, 0) is 31.2 Å². The van der Waals surface area contributed by atoms with E-state index >= 15 is 0 Å². The highest BCUT2D eigenvalue weighted by molar-refractivity contribution is 7.99. The van der Waals surface area contributed by atoms with E-state index in [0.717, 1.165) is 18.0 Å². The molecular formula is C16H17ClN4OS. The maximum Gasteiger partial charge on any atom is 0.274 e. The molecule has 0 bridgehead atoms. The van der Waals surface area contributed by atoms with Crippen molar-refractivity contribution in [2.75, 3.05) is 19.6 Å². The summed E-state index contributed by atoms with van der Waals surface area (Å²) in [5, 5.41) is 12.9. The molecule has 0 radical (unpaired) electrons. The van der Waals surface area contributed by atoms with Crippen LogP contribution in [0.15, 0.2) is 46.3 Å². The zero-order valence-electron chi connectivity index (χ0n) is 12.7. The fourth-order valence-corrected chi connectivity index (χ4v) is 3.43. The van der Waals surface area contributed by atoms with E-state index in [4.69, 9.17) is 11.6 Å². The quantitative estimate of drug-likeness (QED) is 0.924. The third-order valence-electron chi connectivity index (χ3n) is 3.67. The largest absolute Gasteiger partial charge is 0.332 e. The summed E-state index contributed by atoms with van der Waals surface area (Å²) in [5.41, 5.74) is 0.377. The van der Waals surface area contributed by atoms with E-state index in [1.165, 1.54) is 11.8 Å². The molecule has 0 unspecified atom stereocenters. The normalized spacial score (nSPS) is 18.0. The Kier molecular flexibility index (Phi) is 5.15. The molecule has 7 heteroatoms. The smallest absolute Gasteiger partial charge is 0.274 e. The van der Waals surface area contributed by atoms with Gasteiger partial charge in [-0.25, -0.2) is 0 Å². The summed E-state index contributed by atoms with van der Waals surface area (Å²) in [6, 6.07) is 11.3. The molecule has 1 aliphatic heterocycles. The molecule has 1 amide bonds. The van der Waals surface area contributed by atoms with Crippen LogP contribution in [0.1, 0.15) is 17.4 Å². The molecule has 1 aromatic carbocycles. The molecular weight excluding hydrogens is 332 g/mol. The maximum absolute atomic E-state index is 12.5. The number of halogens is 1. The van der Waals surface area contributed by atoms with Gasteiger partial charge < -0.3 is 10.2 Å². The first-order valence-corrected chi connectivity index (χ1v) is 8.62. The van der Waals surface area contributed by atoms with Gasteiger partial charge in [-0.2, -0.15) is 0 Å². The van der Waals surface area contributed by atoms with Crippen LogP contribution in [0.2, 0.25) is 5.02 Å². The Morgan fingerprint density at radius 1 is 1.30 bits per heavy atom. The second-order valence-electron chi connectivity index (χ2n) is 5.34. The van der Waals surface area contributed by atoms with Gasteiger partial charge in [0.1, 0.15) is 5.03 Å². The predicted molar refractivity (Wildman–Crippen MR) is 91.0 cm³/mol. The predicted octanol–water partition coefficient (Wildman–Crippen LogP) is 2.72. The lowest BCUT2D eigenvalue weighted by molar-refractivity contribution is 0.0648. The summed E-state index contributed by atoms with van der Waals surface area (Å²) in [7, 11) is 0. The van der Waals surface area contributed by atoms with E-state index in [9.17, 15) is 4.79 Å². The average molecular weight is 349 g/mol. The molecule has 1 aliphatic rings. The monoisotopic (exact) mass is 348 g/mol. The summed E-state index contributed by atoms with van der Waals surface area (Å²) >= 11 is 7.57. The van der Waals surface area contributed by atoms with Crippen LogP contribution in [-0.4, -0.2) is 46.7 Å². The van der Waals surface area contributed by atoms with Crippen LogP contribution in [0.3, 0.4) is 0 Å². The molecule has 1 saturated heterocycles. The topological polar surface area (TPSA) is 58.1 Å². The van der Waals surface area contributed by atoms with Crippen molar-refractivity contribution in [2.45, 2.75) is 22.9 Å². The number of aromatic nitrogens is 2. The van der Waals surface area contributed by atoms with E-state index in [0.29, 0.717) is 22.3 Å². The maximum atomic E-state index is 12.5. The molecule has 5 nitrogen and oxygen atoms in total. The number of hydrogen-bond donors (Lipinski definition) is 1. The van der Waals surface area contributed by atoms with Crippen LogP contribution < -0.4 is 5.32 Å². The van der Waals surface area contributed by atoms with Crippen molar-refractivity contribution in [2.24, 2.45) is 0 Å². The number of piperazine rings is 1. The number of carbonyl (C=O) groups excluding carboxylic acids is 1. The Bertz CT molecular complexity index is 695. The first kappa shape index (κ1) is 16.2. The number of amides is 1. The standard InChI is InChI=1S/C16H17ClN4OS/c1-11-10-18-8-9-21(11)16(22)13-6-7-15(20-19-13)23-14-5-3-2-4-12(14)17/h2-7,11,18H,8-10H2,1H3/t11-/m1/s1. The minimum atomic E-state index is -0.0687. The molecule has 1 fully saturated rings. The van der Waals surface area contributed by atoms with Gasteiger partial charge in [-0.1, -0.05) is 35.5 Å². The Balaban J connectivity index is 1.72. The van der Waals surface area contributed by atoms with Crippen LogP contribution in [-0.2, 0) is 0 Å². The summed E-state index contributed by atoms with van der Waals surface area (Å²) < 4.78 is 0. The SMILES string of the molecule is C[C@@H]1CNCCN1C(=O)c1ccc(Sc2ccccc2Cl)nn1. The van der Waals surface area contributed by atoms with E-state index in [1.807, 2.05) is 36.1 Å². The average Bonchev–Trinajstić information content (AvgIpc) is 2.57. The van der Waals surface area contributed by atoms with E-state index in [-0.39, 0.29) is 11.9 Å². The highest BCUT2D eigenvalue weighted by atomic mass is 35.5. The van der Waals surface area contributed by atoms with E-state index in [1.54, 1.807) is 12.1 Å². The molecule has 120 valence electrons. The number of rotatable bonds is 3. The molecule has 2 heterocycles. The van der Waals surface area contributed by atoms with Crippen molar-refractivity contribution in [1.82, 2.24) is 20.4 Å².